The number of hydrogen-bond donors (Lipinski definition) is 0. The first kappa shape index (κ1) is 23.8. The Labute approximate surface area is 186 Å². The average molecular weight is 415 g/mol. The van der Waals surface area contributed by atoms with E-state index in [4.69, 9.17) is 9.47 Å². The highest BCUT2D eigenvalue weighted by atomic mass is 16.5. The Morgan fingerprint density at radius 2 is 1.27 bits per heavy atom. The molecule has 2 nitrogen and oxygen atoms in total. The molecule has 0 spiro atoms. The third-order valence-corrected chi connectivity index (χ3v) is 8.11. The molecule has 0 radical (unpaired) electrons. The smallest absolute Gasteiger partial charge is 0.0544 e. The molecule has 2 heterocycles. The molecule has 170 valence electrons. The van der Waals surface area contributed by atoms with Crippen LogP contribution in [0.4, 0.5) is 0 Å². The van der Waals surface area contributed by atoms with E-state index in [1.54, 1.807) is 0 Å². The van der Waals surface area contributed by atoms with Crippen molar-refractivity contribution in [1.82, 2.24) is 0 Å². The van der Waals surface area contributed by atoms with Gasteiger partial charge in [0.25, 0.3) is 0 Å². The summed E-state index contributed by atoms with van der Waals surface area (Å²) in [6.07, 6.45) is 9.95. The first-order valence-electron chi connectivity index (χ1n) is 12.3. The highest BCUT2D eigenvalue weighted by Gasteiger charge is 2.41. The van der Waals surface area contributed by atoms with Crippen molar-refractivity contribution in [1.29, 1.82) is 0 Å². The molecule has 0 unspecified atom stereocenters. The molecule has 2 aliphatic heterocycles. The molecule has 2 heteroatoms. The van der Waals surface area contributed by atoms with Crippen LogP contribution in [0, 0.1) is 21.7 Å². The first-order valence-corrected chi connectivity index (χ1v) is 12.3. The maximum Gasteiger partial charge on any atom is 0.0544 e. The molecular weight excluding hydrogens is 368 g/mol. The monoisotopic (exact) mass is 414 g/mol. The summed E-state index contributed by atoms with van der Waals surface area (Å²) in [6, 6.07) is 9.49. The van der Waals surface area contributed by atoms with Gasteiger partial charge in [-0.25, -0.2) is 0 Å². The summed E-state index contributed by atoms with van der Waals surface area (Å²) in [5, 5.41) is 0. The van der Waals surface area contributed by atoms with Crippen LogP contribution in [0.25, 0.3) is 0 Å². The molecule has 0 amide bonds. The second-order valence-electron chi connectivity index (χ2n) is 12.2. The molecule has 0 saturated carbocycles. The average Bonchev–Trinajstić information content (AvgIpc) is 2.63. The largest absolute Gasteiger partial charge is 0.380 e. The SMILES string of the molecule is CCC1(CCC(C)(C)Cc2ccc(CCC(C)(C)CC3(CC)COC3)cc2)COC1. The summed E-state index contributed by atoms with van der Waals surface area (Å²) >= 11 is 0. The maximum atomic E-state index is 5.54. The topological polar surface area (TPSA) is 18.5 Å². The molecule has 0 aromatic heterocycles. The van der Waals surface area contributed by atoms with Gasteiger partial charge in [0.15, 0.2) is 0 Å². The van der Waals surface area contributed by atoms with E-state index in [1.807, 2.05) is 0 Å². The second kappa shape index (κ2) is 9.33. The van der Waals surface area contributed by atoms with Gasteiger partial charge in [-0.05, 0) is 73.3 Å². The molecule has 0 N–H and O–H groups in total. The molecular formula is C28H46O2. The highest BCUT2D eigenvalue weighted by molar-refractivity contribution is 5.23. The quantitative estimate of drug-likeness (QED) is 0.359. The highest BCUT2D eigenvalue weighted by Crippen LogP contribution is 2.44. The second-order valence-corrected chi connectivity index (χ2v) is 12.2. The summed E-state index contributed by atoms with van der Waals surface area (Å²) in [5.74, 6) is 0. The van der Waals surface area contributed by atoms with Crippen molar-refractivity contribution in [2.24, 2.45) is 21.7 Å². The van der Waals surface area contributed by atoms with Crippen molar-refractivity contribution in [2.75, 3.05) is 26.4 Å². The fourth-order valence-corrected chi connectivity index (χ4v) is 5.39. The first-order chi connectivity index (χ1) is 14.1. The van der Waals surface area contributed by atoms with Gasteiger partial charge in [0.2, 0.25) is 0 Å². The zero-order valence-corrected chi connectivity index (χ0v) is 20.6. The minimum Gasteiger partial charge on any atom is -0.380 e. The Morgan fingerprint density at radius 1 is 0.733 bits per heavy atom. The normalized spacial score (nSPS) is 20.5. The summed E-state index contributed by atoms with van der Waals surface area (Å²) in [6.45, 7) is 18.2. The van der Waals surface area contributed by atoms with Gasteiger partial charge in [-0.2, -0.15) is 0 Å². The number of benzene rings is 1. The van der Waals surface area contributed by atoms with Crippen LogP contribution in [0.3, 0.4) is 0 Å². The van der Waals surface area contributed by atoms with Crippen LogP contribution in [0.1, 0.15) is 91.2 Å². The van der Waals surface area contributed by atoms with E-state index in [0.29, 0.717) is 21.7 Å². The van der Waals surface area contributed by atoms with Crippen molar-refractivity contribution in [3.63, 3.8) is 0 Å². The fourth-order valence-electron chi connectivity index (χ4n) is 5.39. The Balaban J connectivity index is 1.47. The van der Waals surface area contributed by atoms with E-state index in [-0.39, 0.29) is 0 Å². The summed E-state index contributed by atoms with van der Waals surface area (Å²) < 4.78 is 11.0. The summed E-state index contributed by atoms with van der Waals surface area (Å²) in [7, 11) is 0. The van der Waals surface area contributed by atoms with Crippen molar-refractivity contribution >= 4 is 0 Å². The number of ether oxygens (including phenoxy) is 2. The van der Waals surface area contributed by atoms with Gasteiger partial charge in [-0.1, -0.05) is 65.8 Å². The zero-order valence-electron chi connectivity index (χ0n) is 20.6. The molecule has 0 aliphatic carbocycles. The minimum atomic E-state index is 0.348. The van der Waals surface area contributed by atoms with Crippen LogP contribution in [0.5, 0.6) is 0 Å². The maximum absolute atomic E-state index is 5.54. The molecule has 2 aliphatic rings. The van der Waals surface area contributed by atoms with Gasteiger partial charge in [0.05, 0.1) is 26.4 Å². The van der Waals surface area contributed by atoms with Crippen LogP contribution < -0.4 is 0 Å². The predicted molar refractivity (Wildman–Crippen MR) is 127 cm³/mol. The van der Waals surface area contributed by atoms with Crippen LogP contribution >= 0.6 is 0 Å². The van der Waals surface area contributed by atoms with Gasteiger partial charge in [0.1, 0.15) is 0 Å². The molecule has 30 heavy (non-hydrogen) atoms. The van der Waals surface area contributed by atoms with Crippen LogP contribution in [0.2, 0.25) is 0 Å². The minimum absolute atomic E-state index is 0.348. The van der Waals surface area contributed by atoms with Crippen molar-refractivity contribution in [3.8, 4) is 0 Å². The van der Waals surface area contributed by atoms with Crippen LogP contribution in [-0.4, -0.2) is 26.4 Å². The van der Waals surface area contributed by atoms with Crippen molar-refractivity contribution in [3.05, 3.63) is 35.4 Å². The Bertz CT molecular complexity index is 651. The third-order valence-electron chi connectivity index (χ3n) is 8.11. The van der Waals surface area contributed by atoms with E-state index in [1.165, 1.54) is 62.5 Å². The van der Waals surface area contributed by atoms with Gasteiger partial charge < -0.3 is 9.47 Å². The lowest BCUT2D eigenvalue weighted by Gasteiger charge is -2.46. The Morgan fingerprint density at radius 3 is 1.73 bits per heavy atom. The molecule has 3 rings (SSSR count). The van der Waals surface area contributed by atoms with E-state index in [9.17, 15) is 0 Å². The van der Waals surface area contributed by atoms with Gasteiger partial charge in [-0.15, -0.1) is 0 Å². The molecule has 1 aromatic carbocycles. The van der Waals surface area contributed by atoms with E-state index >= 15 is 0 Å². The Kier molecular flexibility index (Phi) is 7.40. The summed E-state index contributed by atoms with van der Waals surface area (Å²) in [5.41, 5.74) is 4.60. The lowest BCUT2D eigenvalue weighted by atomic mass is 9.68. The van der Waals surface area contributed by atoms with Crippen molar-refractivity contribution in [2.45, 2.75) is 92.9 Å². The van der Waals surface area contributed by atoms with E-state index in [2.05, 4.69) is 65.8 Å². The molecule has 0 atom stereocenters. The number of rotatable bonds is 12. The lowest BCUT2D eigenvalue weighted by Crippen LogP contribution is -2.45. The standard InChI is InChI=1S/C28H46O2/c1-7-27(19-29-20-27)16-15-25(3,4)17-24-11-9-23(10-12-24)13-14-26(5,6)18-28(8-2)21-30-22-28/h9-12H,7-8,13-22H2,1-6H3. The van der Waals surface area contributed by atoms with E-state index in [0.717, 1.165) is 26.4 Å². The van der Waals surface area contributed by atoms with Crippen LogP contribution in [0.15, 0.2) is 24.3 Å². The predicted octanol–water partition coefficient (Wildman–Crippen LogP) is 7.24. The molecule has 1 aromatic rings. The van der Waals surface area contributed by atoms with Crippen LogP contribution in [-0.2, 0) is 22.3 Å². The zero-order chi connectivity index (χ0) is 21.9. The summed E-state index contributed by atoms with van der Waals surface area (Å²) in [4.78, 5) is 0. The molecule has 2 fully saturated rings. The van der Waals surface area contributed by atoms with Gasteiger partial charge in [0, 0.05) is 10.8 Å². The Hall–Kier alpha value is -0.860. The number of aryl methyl sites for hydroxylation is 1. The molecule has 2 saturated heterocycles. The van der Waals surface area contributed by atoms with Gasteiger partial charge in [-0.3, -0.25) is 0 Å². The van der Waals surface area contributed by atoms with E-state index < -0.39 is 0 Å². The van der Waals surface area contributed by atoms with Gasteiger partial charge >= 0.3 is 0 Å². The third kappa shape index (κ3) is 6.10. The number of hydrogen-bond acceptors (Lipinski definition) is 2. The molecule has 0 bridgehead atoms. The lowest BCUT2D eigenvalue weighted by molar-refractivity contribution is -0.134. The van der Waals surface area contributed by atoms with Crippen molar-refractivity contribution < 1.29 is 9.47 Å². The fraction of sp³-hybridized carbons (Fsp3) is 0.786.